The fraction of sp³-hybridized carbons (Fsp3) is 0.562. The molecule has 0 saturated carbocycles. The van der Waals surface area contributed by atoms with E-state index in [1.165, 1.54) is 25.1 Å². The van der Waals surface area contributed by atoms with Crippen molar-refractivity contribution >= 4 is 11.6 Å². The topological polar surface area (TPSA) is 88.2 Å². The van der Waals surface area contributed by atoms with Gasteiger partial charge in [-0.3, -0.25) is 10.1 Å². The van der Waals surface area contributed by atoms with Crippen molar-refractivity contribution < 1.29 is 18.3 Å². The van der Waals surface area contributed by atoms with Crippen molar-refractivity contribution in [3.05, 3.63) is 18.5 Å². The van der Waals surface area contributed by atoms with Crippen molar-refractivity contribution in [1.82, 2.24) is 25.1 Å². The molecule has 2 aliphatic heterocycles. The van der Waals surface area contributed by atoms with E-state index in [1.54, 1.807) is 6.20 Å². The van der Waals surface area contributed by atoms with Gasteiger partial charge < -0.3 is 19.7 Å². The van der Waals surface area contributed by atoms with E-state index in [9.17, 15) is 8.78 Å². The fourth-order valence-corrected chi connectivity index (χ4v) is 3.75. The molecule has 0 spiro atoms. The highest BCUT2D eigenvalue weighted by Gasteiger charge is 2.39. The summed E-state index contributed by atoms with van der Waals surface area (Å²) in [6, 6.07) is 2.47. The molecule has 140 valence electrons. The highest BCUT2D eigenvalue weighted by Crippen LogP contribution is 2.35. The standard InChI is InChI=1S/C16H20F2N6O2/c1-24-9-2-3-10(24)5-11(4-9)25-15-8-19-7-13(21-15)20-12-6-14(23-22-12)26-16(17)18/h6-11,16H,2-5H2,1H3,(H2,20,21,22,23)/t9-,10?,11?/m0/s1. The summed E-state index contributed by atoms with van der Waals surface area (Å²) in [6.07, 6.45) is 7.63. The van der Waals surface area contributed by atoms with E-state index in [4.69, 9.17) is 4.74 Å². The maximum atomic E-state index is 12.2. The molecule has 2 N–H and O–H groups in total. The summed E-state index contributed by atoms with van der Waals surface area (Å²) in [5.41, 5.74) is 0. The smallest absolute Gasteiger partial charge is 0.388 e. The zero-order valence-electron chi connectivity index (χ0n) is 14.2. The maximum Gasteiger partial charge on any atom is 0.388 e. The van der Waals surface area contributed by atoms with Gasteiger partial charge in [-0.2, -0.15) is 13.8 Å². The predicted molar refractivity (Wildman–Crippen MR) is 88.8 cm³/mol. The van der Waals surface area contributed by atoms with Crippen LogP contribution in [0.3, 0.4) is 0 Å². The first-order valence-corrected chi connectivity index (χ1v) is 8.54. The Balaban J connectivity index is 1.38. The van der Waals surface area contributed by atoms with Crippen LogP contribution in [0.25, 0.3) is 0 Å². The van der Waals surface area contributed by atoms with Gasteiger partial charge in [0.1, 0.15) is 11.9 Å². The number of hydrogen-bond donors (Lipinski definition) is 2. The second-order valence-corrected chi connectivity index (χ2v) is 6.63. The number of aromatic nitrogens is 4. The zero-order chi connectivity index (χ0) is 18.1. The summed E-state index contributed by atoms with van der Waals surface area (Å²) in [4.78, 5) is 10.9. The first kappa shape index (κ1) is 17.0. The number of halogens is 2. The lowest BCUT2D eigenvalue weighted by atomic mass is 10.0. The minimum atomic E-state index is -2.92. The summed E-state index contributed by atoms with van der Waals surface area (Å²) in [7, 11) is 2.18. The number of rotatable bonds is 6. The number of anilines is 2. The first-order chi connectivity index (χ1) is 12.6. The van der Waals surface area contributed by atoms with Gasteiger partial charge in [0.05, 0.1) is 12.4 Å². The molecule has 2 saturated heterocycles. The number of ether oxygens (including phenoxy) is 2. The Labute approximate surface area is 148 Å². The van der Waals surface area contributed by atoms with Crippen molar-refractivity contribution in [2.45, 2.75) is 50.5 Å². The molecule has 4 heterocycles. The van der Waals surface area contributed by atoms with Crippen LogP contribution in [0, 0.1) is 0 Å². The van der Waals surface area contributed by atoms with Crippen molar-refractivity contribution in [2.24, 2.45) is 0 Å². The molecule has 2 unspecified atom stereocenters. The second-order valence-electron chi connectivity index (χ2n) is 6.63. The summed E-state index contributed by atoms with van der Waals surface area (Å²) in [5, 5.41) is 9.08. The minimum absolute atomic E-state index is 0.131. The van der Waals surface area contributed by atoms with Crippen molar-refractivity contribution in [2.75, 3.05) is 12.4 Å². The maximum absolute atomic E-state index is 12.2. The number of nitrogens with one attached hydrogen (secondary N) is 2. The van der Waals surface area contributed by atoms with Gasteiger partial charge in [0, 0.05) is 18.2 Å². The number of alkyl halides is 2. The molecule has 2 aromatic rings. The van der Waals surface area contributed by atoms with Gasteiger partial charge in [-0.15, -0.1) is 5.10 Å². The van der Waals surface area contributed by atoms with Crippen LogP contribution in [0.2, 0.25) is 0 Å². The van der Waals surface area contributed by atoms with Gasteiger partial charge in [-0.25, -0.2) is 0 Å². The third-order valence-electron chi connectivity index (χ3n) is 4.98. The third kappa shape index (κ3) is 3.69. The molecule has 8 nitrogen and oxygen atoms in total. The van der Waals surface area contributed by atoms with Crippen LogP contribution in [0.1, 0.15) is 25.7 Å². The fourth-order valence-electron chi connectivity index (χ4n) is 3.75. The van der Waals surface area contributed by atoms with Crippen molar-refractivity contribution in [3.8, 4) is 11.8 Å². The Morgan fingerprint density at radius 2 is 2.00 bits per heavy atom. The van der Waals surface area contributed by atoms with Crippen LogP contribution < -0.4 is 14.8 Å². The minimum Gasteiger partial charge on any atom is -0.473 e. The largest absolute Gasteiger partial charge is 0.473 e. The second kappa shape index (κ2) is 7.02. The van der Waals surface area contributed by atoms with Crippen LogP contribution in [0.5, 0.6) is 11.8 Å². The molecule has 0 radical (unpaired) electrons. The van der Waals surface area contributed by atoms with E-state index in [1.807, 2.05) is 0 Å². The number of fused-ring (bicyclic) bond motifs is 2. The van der Waals surface area contributed by atoms with E-state index in [0.717, 1.165) is 12.8 Å². The zero-order valence-corrected chi connectivity index (χ0v) is 14.2. The van der Waals surface area contributed by atoms with E-state index < -0.39 is 6.61 Å². The molecule has 3 atom stereocenters. The highest BCUT2D eigenvalue weighted by molar-refractivity contribution is 5.51. The Morgan fingerprint density at radius 3 is 2.73 bits per heavy atom. The summed E-state index contributed by atoms with van der Waals surface area (Å²) >= 11 is 0. The van der Waals surface area contributed by atoms with Gasteiger partial charge in [0.15, 0.2) is 5.82 Å². The first-order valence-electron chi connectivity index (χ1n) is 8.54. The molecule has 2 aromatic heterocycles. The van der Waals surface area contributed by atoms with Crippen LogP contribution in [0.15, 0.2) is 18.5 Å². The van der Waals surface area contributed by atoms with Gasteiger partial charge in [0.2, 0.25) is 11.8 Å². The lowest BCUT2D eigenvalue weighted by molar-refractivity contribution is -0.0528. The van der Waals surface area contributed by atoms with E-state index in [-0.39, 0.29) is 12.0 Å². The molecular weight excluding hydrogens is 346 g/mol. The quantitative estimate of drug-likeness (QED) is 0.812. The third-order valence-corrected chi connectivity index (χ3v) is 4.98. The predicted octanol–water partition coefficient (Wildman–Crippen LogP) is 2.55. The van der Waals surface area contributed by atoms with Crippen molar-refractivity contribution in [3.63, 3.8) is 0 Å². The number of hydrogen-bond acceptors (Lipinski definition) is 7. The average molecular weight is 366 g/mol. The SMILES string of the molecule is CN1C2CC[C@H]1CC(Oc1cncc(Nc3cc(OC(F)F)n[nH]3)n1)C2. The Kier molecular flexibility index (Phi) is 4.58. The number of nitrogens with zero attached hydrogens (tertiary/aromatic N) is 4. The normalized spacial score (nSPS) is 25.5. The highest BCUT2D eigenvalue weighted by atomic mass is 19.3. The van der Waals surface area contributed by atoms with Crippen LogP contribution in [-0.4, -0.2) is 56.9 Å². The monoisotopic (exact) mass is 366 g/mol. The lowest BCUT2D eigenvalue weighted by Gasteiger charge is -2.35. The molecule has 0 aromatic carbocycles. The van der Waals surface area contributed by atoms with Crippen molar-refractivity contribution in [1.29, 1.82) is 0 Å². The molecular formula is C16H20F2N6O2. The number of aromatic amines is 1. The molecule has 2 aliphatic rings. The summed E-state index contributed by atoms with van der Waals surface area (Å²) < 4.78 is 34.6. The number of piperidine rings is 1. The van der Waals surface area contributed by atoms with Gasteiger partial charge in [0.25, 0.3) is 0 Å². The van der Waals surface area contributed by atoms with Crippen LogP contribution in [-0.2, 0) is 0 Å². The molecule has 0 amide bonds. The summed E-state index contributed by atoms with van der Waals surface area (Å²) in [6.45, 7) is -2.92. The average Bonchev–Trinajstić information content (AvgIpc) is 3.08. The molecule has 2 fully saturated rings. The number of H-pyrrole nitrogens is 1. The van der Waals surface area contributed by atoms with Crippen LogP contribution >= 0.6 is 0 Å². The Morgan fingerprint density at radius 1 is 1.23 bits per heavy atom. The molecule has 0 aliphatic carbocycles. The molecule has 10 heteroatoms. The van der Waals surface area contributed by atoms with Gasteiger partial charge in [-0.1, -0.05) is 0 Å². The molecule has 4 rings (SSSR count). The molecule has 2 bridgehead atoms. The Hall–Kier alpha value is -2.49. The lowest BCUT2D eigenvalue weighted by Crippen LogP contribution is -2.43. The Bertz CT molecular complexity index is 744. The molecule has 26 heavy (non-hydrogen) atoms. The van der Waals surface area contributed by atoms with Gasteiger partial charge >= 0.3 is 6.61 Å². The van der Waals surface area contributed by atoms with Gasteiger partial charge in [-0.05, 0) is 32.7 Å². The van der Waals surface area contributed by atoms with E-state index >= 15 is 0 Å². The van der Waals surface area contributed by atoms with Crippen LogP contribution in [0.4, 0.5) is 20.4 Å². The van der Waals surface area contributed by atoms with E-state index in [2.05, 4.69) is 42.2 Å². The summed E-state index contributed by atoms with van der Waals surface area (Å²) in [5.74, 6) is 1.02. The van der Waals surface area contributed by atoms with E-state index in [0.29, 0.717) is 29.6 Å².